The van der Waals surface area contributed by atoms with Gasteiger partial charge < -0.3 is 20.2 Å². The molecule has 3 aliphatic heterocycles. The molecule has 0 aromatic rings. The second-order valence-electron chi connectivity index (χ2n) is 8.02. The van der Waals surface area contributed by atoms with Crippen molar-refractivity contribution in [3.05, 3.63) is 0 Å². The molecule has 3 rings (SSSR count). The lowest BCUT2D eigenvalue weighted by molar-refractivity contribution is 0.0155. The van der Waals surface area contributed by atoms with E-state index in [0.29, 0.717) is 6.54 Å². The number of aliphatic hydroxyl groups is 1. The summed E-state index contributed by atoms with van der Waals surface area (Å²) in [5.74, 6) is 0.259. The summed E-state index contributed by atoms with van der Waals surface area (Å²) in [5.41, 5.74) is 0.138. The number of amides is 2. The Morgan fingerprint density at radius 1 is 1.12 bits per heavy atom. The zero-order valence-electron chi connectivity index (χ0n) is 15.2. The Hall–Kier alpha value is -0.850. The van der Waals surface area contributed by atoms with Gasteiger partial charge in [-0.2, -0.15) is 0 Å². The maximum absolute atomic E-state index is 12.5. The zero-order valence-corrected chi connectivity index (χ0v) is 15.2. The Morgan fingerprint density at radius 3 is 2.46 bits per heavy atom. The van der Waals surface area contributed by atoms with Crippen LogP contribution >= 0.6 is 0 Å². The SMILES string of the molecule is CN1CCC(CNC(=O)N2CCC(CO)C2)(N2CCCCC2)CC1. The first-order valence-corrected chi connectivity index (χ1v) is 9.70. The van der Waals surface area contributed by atoms with Crippen LogP contribution in [0.5, 0.6) is 0 Å². The molecule has 2 amide bonds. The number of carbonyl (C=O) groups is 1. The molecule has 3 fully saturated rings. The average Bonchev–Trinajstić information content (AvgIpc) is 3.11. The number of aliphatic hydroxyl groups excluding tert-OH is 1. The molecule has 0 aliphatic carbocycles. The van der Waals surface area contributed by atoms with Gasteiger partial charge in [-0.3, -0.25) is 4.90 Å². The summed E-state index contributed by atoms with van der Waals surface area (Å²) in [7, 11) is 2.19. The van der Waals surface area contributed by atoms with Crippen molar-refractivity contribution in [2.24, 2.45) is 5.92 Å². The van der Waals surface area contributed by atoms with Crippen LogP contribution in [0.1, 0.15) is 38.5 Å². The van der Waals surface area contributed by atoms with Gasteiger partial charge in [0.15, 0.2) is 0 Å². The molecule has 6 nitrogen and oxygen atoms in total. The maximum Gasteiger partial charge on any atom is 0.317 e. The van der Waals surface area contributed by atoms with Crippen molar-refractivity contribution in [2.75, 3.05) is 59.5 Å². The topological polar surface area (TPSA) is 59.1 Å². The molecule has 3 heterocycles. The first-order chi connectivity index (χ1) is 11.6. The van der Waals surface area contributed by atoms with Crippen LogP contribution in [-0.2, 0) is 0 Å². The van der Waals surface area contributed by atoms with Crippen LogP contribution in [0.25, 0.3) is 0 Å². The molecule has 0 spiro atoms. The molecule has 1 atom stereocenters. The number of urea groups is 1. The molecule has 0 radical (unpaired) electrons. The molecular weight excluding hydrogens is 304 g/mol. The van der Waals surface area contributed by atoms with Crippen molar-refractivity contribution in [1.29, 1.82) is 0 Å². The van der Waals surface area contributed by atoms with Crippen LogP contribution < -0.4 is 5.32 Å². The van der Waals surface area contributed by atoms with E-state index in [1.54, 1.807) is 0 Å². The lowest BCUT2D eigenvalue weighted by Crippen LogP contribution is -2.62. The fourth-order valence-corrected chi connectivity index (χ4v) is 4.53. The van der Waals surface area contributed by atoms with Crippen LogP contribution in [0.15, 0.2) is 0 Å². The molecule has 0 aromatic carbocycles. The van der Waals surface area contributed by atoms with Gasteiger partial charge in [0.25, 0.3) is 0 Å². The van der Waals surface area contributed by atoms with E-state index in [9.17, 15) is 9.90 Å². The number of carbonyl (C=O) groups excluding carboxylic acids is 1. The van der Waals surface area contributed by atoms with Crippen molar-refractivity contribution in [2.45, 2.75) is 44.1 Å². The minimum absolute atomic E-state index is 0.0567. The highest BCUT2D eigenvalue weighted by atomic mass is 16.3. The van der Waals surface area contributed by atoms with E-state index in [1.807, 2.05) is 4.90 Å². The Morgan fingerprint density at radius 2 is 1.83 bits per heavy atom. The van der Waals surface area contributed by atoms with Gasteiger partial charge in [0.05, 0.1) is 0 Å². The third kappa shape index (κ3) is 4.03. The van der Waals surface area contributed by atoms with Gasteiger partial charge >= 0.3 is 6.03 Å². The molecule has 1 unspecified atom stereocenters. The summed E-state index contributed by atoms with van der Waals surface area (Å²) in [6, 6.07) is 0.0567. The first-order valence-electron chi connectivity index (χ1n) is 9.70. The molecule has 24 heavy (non-hydrogen) atoms. The van der Waals surface area contributed by atoms with E-state index in [4.69, 9.17) is 0 Å². The van der Waals surface area contributed by atoms with Gasteiger partial charge in [0.2, 0.25) is 0 Å². The van der Waals surface area contributed by atoms with Crippen LogP contribution in [0.2, 0.25) is 0 Å². The lowest BCUT2D eigenvalue weighted by Gasteiger charge is -2.50. The standard InChI is InChI=1S/C18H34N4O2/c1-20-11-6-18(7-12-20,22-8-3-2-4-9-22)15-19-17(24)21-10-5-16(13-21)14-23/h16,23H,2-15H2,1H3,(H,19,24). The molecule has 0 bridgehead atoms. The zero-order chi connectivity index (χ0) is 17.0. The summed E-state index contributed by atoms with van der Waals surface area (Å²) in [6.45, 7) is 7.00. The normalized spacial score (nSPS) is 28.9. The Kier molecular flexibility index (Phi) is 6.00. The highest BCUT2D eigenvalue weighted by molar-refractivity contribution is 5.74. The monoisotopic (exact) mass is 338 g/mol. The number of hydrogen-bond donors (Lipinski definition) is 2. The molecule has 3 aliphatic rings. The summed E-state index contributed by atoms with van der Waals surface area (Å²) in [4.78, 5) is 19.5. The maximum atomic E-state index is 12.5. The summed E-state index contributed by atoms with van der Waals surface area (Å²) in [6.07, 6.45) is 7.12. The van der Waals surface area contributed by atoms with Crippen molar-refractivity contribution in [3.63, 3.8) is 0 Å². The van der Waals surface area contributed by atoms with Gasteiger partial charge in [-0.25, -0.2) is 4.79 Å². The highest BCUT2D eigenvalue weighted by Gasteiger charge is 2.40. The summed E-state index contributed by atoms with van der Waals surface area (Å²) in [5, 5.41) is 12.5. The van der Waals surface area contributed by atoms with E-state index in [-0.39, 0.29) is 24.1 Å². The van der Waals surface area contributed by atoms with Gasteiger partial charge in [-0.1, -0.05) is 6.42 Å². The fourth-order valence-electron chi connectivity index (χ4n) is 4.53. The number of nitrogens with one attached hydrogen (secondary N) is 1. The van der Waals surface area contributed by atoms with Crippen molar-refractivity contribution in [3.8, 4) is 0 Å². The number of hydrogen-bond acceptors (Lipinski definition) is 4. The smallest absolute Gasteiger partial charge is 0.317 e. The average molecular weight is 338 g/mol. The van der Waals surface area contributed by atoms with E-state index in [0.717, 1.165) is 45.4 Å². The van der Waals surface area contributed by atoms with Gasteiger partial charge in [0, 0.05) is 37.7 Å². The molecule has 3 saturated heterocycles. The molecule has 0 aromatic heterocycles. The highest BCUT2D eigenvalue weighted by Crippen LogP contribution is 2.31. The largest absolute Gasteiger partial charge is 0.396 e. The second kappa shape index (κ2) is 8.02. The Balaban J connectivity index is 1.58. The van der Waals surface area contributed by atoms with Crippen molar-refractivity contribution >= 4 is 6.03 Å². The molecule has 2 N–H and O–H groups in total. The number of nitrogens with zero attached hydrogens (tertiary/aromatic N) is 3. The van der Waals surface area contributed by atoms with Gasteiger partial charge in [-0.05, 0) is 65.3 Å². The Labute approximate surface area is 146 Å². The van der Waals surface area contributed by atoms with Crippen LogP contribution in [0.4, 0.5) is 4.79 Å². The van der Waals surface area contributed by atoms with E-state index < -0.39 is 0 Å². The Bertz CT molecular complexity index is 417. The number of piperidine rings is 2. The third-order valence-corrected chi connectivity index (χ3v) is 6.34. The molecule has 0 saturated carbocycles. The minimum atomic E-state index is 0.0567. The van der Waals surface area contributed by atoms with Crippen LogP contribution in [-0.4, -0.2) is 90.8 Å². The van der Waals surface area contributed by atoms with Crippen LogP contribution in [0, 0.1) is 5.92 Å². The lowest BCUT2D eigenvalue weighted by atomic mass is 9.84. The minimum Gasteiger partial charge on any atom is -0.396 e. The number of rotatable bonds is 4. The second-order valence-corrected chi connectivity index (χ2v) is 8.02. The number of likely N-dealkylation sites (tertiary alicyclic amines) is 3. The van der Waals surface area contributed by atoms with Gasteiger partial charge in [0.1, 0.15) is 0 Å². The fraction of sp³-hybridized carbons (Fsp3) is 0.944. The van der Waals surface area contributed by atoms with Crippen molar-refractivity contribution in [1.82, 2.24) is 20.0 Å². The van der Waals surface area contributed by atoms with Crippen molar-refractivity contribution < 1.29 is 9.90 Å². The molecular formula is C18H34N4O2. The van der Waals surface area contributed by atoms with E-state index >= 15 is 0 Å². The van der Waals surface area contributed by atoms with Crippen LogP contribution in [0.3, 0.4) is 0 Å². The summed E-state index contributed by atoms with van der Waals surface area (Å²) >= 11 is 0. The predicted octanol–water partition coefficient (Wildman–Crippen LogP) is 0.961. The van der Waals surface area contributed by atoms with Gasteiger partial charge in [-0.15, -0.1) is 0 Å². The predicted molar refractivity (Wildman–Crippen MR) is 95.1 cm³/mol. The van der Waals surface area contributed by atoms with E-state index in [2.05, 4.69) is 22.2 Å². The molecule has 138 valence electrons. The van der Waals surface area contributed by atoms with E-state index in [1.165, 1.54) is 32.4 Å². The summed E-state index contributed by atoms with van der Waals surface area (Å²) < 4.78 is 0. The quantitative estimate of drug-likeness (QED) is 0.802. The molecule has 6 heteroatoms. The first kappa shape index (κ1) is 18.0. The third-order valence-electron chi connectivity index (χ3n) is 6.34.